The number of rotatable bonds is 8. The molecular formula is C20H31N5. The van der Waals surface area contributed by atoms with Crippen molar-refractivity contribution in [2.24, 2.45) is 10.9 Å². The lowest BCUT2D eigenvalue weighted by atomic mass is 10.0. The maximum absolute atomic E-state index is 4.32. The van der Waals surface area contributed by atoms with Gasteiger partial charge >= 0.3 is 0 Å². The van der Waals surface area contributed by atoms with Gasteiger partial charge in [-0.1, -0.05) is 38.1 Å². The summed E-state index contributed by atoms with van der Waals surface area (Å²) in [6.07, 6.45) is 8.00. The SMILES string of the molecule is CN=C(NCc1ccc(Cn2ccnc2)cc1)NC(C)CCC(C)C. The number of nitrogens with one attached hydrogen (secondary N) is 2. The van der Waals surface area contributed by atoms with E-state index >= 15 is 0 Å². The molecule has 0 aliphatic carbocycles. The fourth-order valence-corrected chi connectivity index (χ4v) is 2.62. The summed E-state index contributed by atoms with van der Waals surface area (Å²) in [6.45, 7) is 8.35. The number of nitrogens with zero attached hydrogens (tertiary/aromatic N) is 3. The molecule has 2 N–H and O–H groups in total. The van der Waals surface area contributed by atoms with Crippen LogP contribution in [-0.2, 0) is 13.1 Å². The Kier molecular flexibility index (Phi) is 7.51. The molecule has 5 nitrogen and oxygen atoms in total. The van der Waals surface area contributed by atoms with Gasteiger partial charge in [0.25, 0.3) is 0 Å². The van der Waals surface area contributed by atoms with E-state index in [0.29, 0.717) is 6.04 Å². The Bertz CT molecular complexity index is 629. The fourth-order valence-electron chi connectivity index (χ4n) is 2.62. The number of hydrogen-bond acceptors (Lipinski definition) is 2. The molecule has 136 valence electrons. The van der Waals surface area contributed by atoms with Crippen molar-refractivity contribution in [1.29, 1.82) is 0 Å². The summed E-state index contributed by atoms with van der Waals surface area (Å²) in [5.41, 5.74) is 2.51. The molecule has 1 aromatic carbocycles. The summed E-state index contributed by atoms with van der Waals surface area (Å²) in [5, 5.41) is 6.85. The second-order valence-corrected chi connectivity index (χ2v) is 6.99. The van der Waals surface area contributed by atoms with Crippen molar-refractivity contribution in [3.8, 4) is 0 Å². The van der Waals surface area contributed by atoms with Gasteiger partial charge in [-0.2, -0.15) is 0 Å². The summed E-state index contributed by atoms with van der Waals surface area (Å²) in [5.74, 6) is 1.60. The van der Waals surface area contributed by atoms with E-state index < -0.39 is 0 Å². The van der Waals surface area contributed by atoms with Gasteiger partial charge in [-0.25, -0.2) is 4.98 Å². The molecule has 2 rings (SSSR count). The topological polar surface area (TPSA) is 54.2 Å². The molecule has 1 heterocycles. The molecule has 0 aliphatic rings. The lowest BCUT2D eigenvalue weighted by molar-refractivity contribution is 0.489. The first-order valence-corrected chi connectivity index (χ1v) is 9.07. The van der Waals surface area contributed by atoms with Crippen molar-refractivity contribution in [3.63, 3.8) is 0 Å². The van der Waals surface area contributed by atoms with Crippen molar-refractivity contribution in [1.82, 2.24) is 20.2 Å². The molecule has 0 radical (unpaired) electrons. The molecule has 0 amide bonds. The number of guanidine groups is 1. The quantitative estimate of drug-likeness (QED) is 0.571. The molecule has 0 saturated heterocycles. The van der Waals surface area contributed by atoms with Gasteiger partial charge in [0.05, 0.1) is 6.33 Å². The minimum atomic E-state index is 0.422. The second-order valence-electron chi connectivity index (χ2n) is 6.99. The highest BCUT2D eigenvalue weighted by atomic mass is 15.2. The summed E-state index contributed by atoms with van der Waals surface area (Å²) >= 11 is 0. The third-order valence-electron chi connectivity index (χ3n) is 4.19. The van der Waals surface area contributed by atoms with Crippen LogP contribution >= 0.6 is 0 Å². The van der Waals surface area contributed by atoms with Crippen LogP contribution in [-0.4, -0.2) is 28.6 Å². The average molecular weight is 342 g/mol. The van der Waals surface area contributed by atoms with Crippen LogP contribution in [0.1, 0.15) is 44.7 Å². The molecule has 5 heteroatoms. The Balaban J connectivity index is 1.78. The van der Waals surface area contributed by atoms with Crippen LogP contribution in [0.5, 0.6) is 0 Å². The van der Waals surface area contributed by atoms with E-state index in [9.17, 15) is 0 Å². The standard InChI is InChI=1S/C20H31N5/c1-16(2)5-6-17(3)24-20(21-4)23-13-18-7-9-19(10-8-18)14-25-12-11-22-15-25/h7-12,15-17H,5-6,13-14H2,1-4H3,(H2,21,23,24). The van der Waals surface area contributed by atoms with Gasteiger partial charge < -0.3 is 15.2 Å². The van der Waals surface area contributed by atoms with Gasteiger partial charge in [0, 0.05) is 38.6 Å². The van der Waals surface area contributed by atoms with Crippen LogP contribution in [0.3, 0.4) is 0 Å². The predicted octanol–water partition coefficient (Wildman–Crippen LogP) is 3.42. The number of hydrogen-bond donors (Lipinski definition) is 2. The molecule has 1 unspecified atom stereocenters. The van der Waals surface area contributed by atoms with Gasteiger partial charge in [-0.3, -0.25) is 4.99 Å². The summed E-state index contributed by atoms with van der Waals surface area (Å²) in [6, 6.07) is 9.08. The molecule has 0 bridgehead atoms. The molecule has 1 aromatic heterocycles. The van der Waals surface area contributed by atoms with Crippen LogP contribution in [0.15, 0.2) is 48.0 Å². The van der Waals surface area contributed by atoms with Gasteiger partial charge in [-0.05, 0) is 36.8 Å². The van der Waals surface area contributed by atoms with Gasteiger partial charge in [0.2, 0.25) is 0 Å². The van der Waals surface area contributed by atoms with Crippen molar-refractivity contribution in [2.45, 2.75) is 52.7 Å². The molecule has 0 aliphatic heterocycles. The first-order valence-electron chi connectivity index (χ1n) is 9.07. The highest BCUT2D eigenvalue weighted by molar-refractivity contribution is 5.79. The van der Waals surface area contributed by atoms with E-state index in [-0.39, 0.29) is 0 Å². The number of benzene rings is 1. The first kappa shape index (κ1) is 19.0. The third-order valence-corrected chi connectivity index (χ3v) is 4.19. The zero-order valence-electron chi connectivity index (χ0n) is 15.9. The number of imidazole rings is 1. The molecule has 1 atom stereocenters. The van der Waals surface area contributed by atoms with Crippen molar-refractivity contribution >= 4 is 5.96 Å². The van der Waals surface area contributed by atoms with Crippen LogP contribution in [0.4, 0.5) is 0 Å². The third kappa shape index (κ3) is 6.99. The van der Waals surface area contributed by atoms with Gasteiger partial charge in [0.1, 0.15) is 0 Å². The van der Waals surface area contributed by atoms with E-state index in [1.54, 1.807) is 6.20 Å². The Hall–Kier alpha value is -2.30. The Morgan fingerprint density at radius 2 is 1.84 bits per heavy atom. The Labute approximate surface area is 151 Å². The molecule has 25 heavy (non-hydrogen) atoms. The zero-order valence-corrected chi connectivity index (χ0v) is 15.9. The molecule has 0 spiro atoms. The second kappa shape index (κ2) is 9.87. The van der Waals surface area contributed by atoms with Crippen LogP contribution in [0, 0.1) is 5.92 Å². The molecular weight excluding hydrogens is 310 g/mol. The van der Waals surface area contributed by atoms with Gasteiger partial charge in [-0.15, -0.1) is 0 Å². The van der Waals surface area contributed by atoms with Crippen LogP contribution in [0.2, 0.25) is 0 Å². The van der Waals surface area contributed by atoms with Crippen molar-refractivity contribution in [3.05, 3.63) is 54.1 Å². The molecule has 0 fully saturated rings. The number of aromatic nitrogens is 2. The average Bonchev–Trinajstić information content (AvgIpc) is 3.11. The zero-order chi connectivity index (χ0) is 18.1. The fraction of sp³-hybridized carbons (Fsp3) is 0.500. The van der Waals surface area contributed by atoms with Crippen LogP contribution in [0.25, 0.3) is 0 Å². The monoisotopic (exact) mass is 341 g/mol. The largest absolute Gasteiger partial charge is 0.354 e. The van der Waals surface area contributed by atoms with Crippen molar-refractivity contribution in [2.75, 3.05) is 7.05 Å². The minimum absolute atomic E-state index is 0.422. The Morgan fingerprint density at radius 3 is 2.44 bits per heavy atom. The summed E-state index contributed by atoms with van der Waals surface area (Å²) in [4.78, 5) is 8.39. The minimum Gasteiger partial charge on any atom is -0.354 e. The van der Waals surface area contributed by atoms with E-state index in [1.165, 1.54) is 17.5 Å². The lowest BCUT2D eigenvalue weighted by Gasteiger charge is -2.18. The summed E-state index contributed by atoms with van der Waals surface area (Å²) in [7, 11) is 1.82. The van der Waals surface area contributed by atoms with E-state index in [2.05, 4.69) is 70.2 Å². The predicted molar refractivity (Wildman–Crippen MR) is 105 cm³/mol. The van der Waals surface area contributed by atoms with E-state index in [0.717, 1.165) is 31.4 Å². The summed E-state index contributed by atoms with van der Waals surface area (Å²) < 4.78 is 2.07. The molecule has 0 saturated carbocycles. The van der Waals surface area contributed by atoms with Crippen LogP contribution < -0.4 is 10.6 Å². The first-order chi connectivity index (χ1) is 12.1. The normalized spacial score (nSPS) is 13.1. The highest BCUT2D eigenvalue weighted by Crippen LogP contribution is 2.07. The maximum atomic E-state index is 4.32. The smallest absolute Gasteiger partial charge is 0.191 e. The van der Waals surface area contributed by atoms with Gasteiger partial charge in [0.15, 0.2) is 5.96 Å². The lowest BCUT2D eigenvalue weighted by Crippen LogP contribution is -2.41. The highest BCUT2D eigenvalue weighted by Gasteiger charge is 2.06. The maximum Gasteiger partial charge on any atom is 0.191 e. The molecule has 2 aromatic rings. The number of aliphatic imine (C=N–C) groups is 1. The van der Waals surface area contributed by atoms with Crippen molar-refractivity contribution < 1.29 is 0 Å². The van der Waals surface area contributed by atoms with E-state index in [1.807, 2.05) is 19.6 Å². The Morgan fingerprint density at radius 1 is 1.12 bits per heavy atom. The van der Waals surface area contributed by atoms with E-state index in [4.69, 9.17) is 0 Å².